The van der Waals surface area contributed by atoms with Gasteiger partial charge in [-0.05, 0) is 48.8 Å². The number of rotatable bonds is 6. The second-order valence-electron chi connectivity index (χ2n) is 7.62. The minimum atomic E-state index is -0.780. The van der Waals surface area contributed by atoms with Gasteiger partial charge in [0, 0.05) is 36.9 Å². The number of nitrogens with zero attached hydrogens (tertiary/aromatic N) is 3. The molecular formula is C23H24ClN3O3S. The van der Waals surface area contributed by atoms with Crippen LogP contribution in [0.5, 0.6) is 0 Å². The second kappa shape index (κ2) is 9.32. The lowest BCUT2D eigenvalue weighted by Crippen LogP contribution is -2.56. The number of carbonyl (C=O) groups is 3. The monoisotopic (exact) mass is 457 g/mol. The Balaban J connectivity index is 1.50. The Morgan fingerprint density at radius 3 is 2.23 bits per heavy atom. The maximum Gasteiger partial charge on any atom is 0.262 e. The van der Waals surface area contributed by atoms with Crippen molar-refractivity contribution in [3.63, 3.8) is 0 Å². The average Bonchev–Trinajstić information content (AvgIpc) is 3.05. The van der Waals surface area contributed by atoms with Gasteiger partial charge in [0.25, 0.3) is 11.8 Å². The highest BCUT2D eigenvalue weighted by Gasteiger charge is 2.43. The Bertz CT molecular complexity index is 972. The van der Waals surface area contributed by atoms with Gasteiger partial charge in [-0.2, -0.15) is 11.8 Å². The Hall–Kier alpha value is -2.51. The molecule has 2 aromatic rings. The van der Waals surface area contributed by atoms with Crippen LogP contribution in [0.2, 0.25) is 5.02 Å². The van der Waals surface area contributed by atoms with Gasteiger partial charge in [0.1, 0.15) is 6.04 Å². The smallest absolute Gasteiger partial charge is 0.262 e. The molecule has 162 valence electrons. The number of carbonyl (C=O) groups excluding carboxylic acids is 3. The maximum atomic E-state index is 13.5. The fourth-order valence-corrected chi connectivity index (χ4v) is 4.80. The molecule has 31 heavy (non-hydrogen) atoms. The van der Waals surface area contributed by atoms with Crippen LogP contribution in [0.4, 0.5) is 5.69 Å². The molecule has 0 radical (unpaired) electrons. The molecule has 1 atom stereocenters. The van der Waals surface area contributed by atoms with Crippen molar-refractivity contribution < 1.29 is 14.4 Å². The van der Waals surface area contributed by atoms with Gasteiger partial charge in [0.2, 0.25) is 5.91 Å². The van der Waals surface area contributed by atoms with E-state index in [4.69, 9.17) is 11.6 Å². The Kier molecular flexibility index (Phi) is 6.53. The summed E-state index contributed by atoms with van der Waals surface area (Å²) in [4.78, 5) is 44.5. The first kappa shape index (κ1) is 21.7. The number of fused-ring (bicyclic) bond motifs is 1. The van der Waals surface area contributed by atoms with Gasteiger partial charge in [0.15, 0.2) is 0 Å². The third-order valence-electron chi connectivity index (χ3n) is 5.78. The van der Waals surface area contributed by atoms with E-state index in [0.717, 1.165) is 5.69 Å². The van der Waals surface area contributed by atoms with Gasteiger partial charge in [-0.25, -0.2) is 0 Å². The molecule has 2 aliphatic heterocycles. The molecule has 3 amide bonds. The molecule has 1 unspecified atom stereocenters. The summed E-state index contributed by atoms with van der Waals surface area (Å²) >= 11 is 7.71. The minimum absolute atomic E-state index is 0.158. The van der Waals surface area contributed by atoms with Gasteiger partial charge < -0.3 is 9.80 Å². The van der Waals surface area contributed by atoms with Gasteiger partial charge in [0.05, 0.1) is 11.1 Å². The van der Waals surface area contributed by atoms with Crippen LogP contribution in [0, 0.1) is 0 Å². The van der Waals surface area contributed by atoms with Crippen molar-refractivity contribution in [3.8, 4) is 0 Å². The molecule has 0 saturated carbocycles. The molecular weight excluding hydrogens is 434 g/mol. The van der Waals surface area contributed by atoms with E-state index >= 15 is 0 Å². The Labute approximate surface area is 191 Å². The first-order valence-corrected chi connectivity index (χ1v) is 12.0. The van der Waals surface area contributed by atoms with Crippen molar-refractivity contribution in [2.24, 2.45) is 0 Å². The molecule has 2 heterocycles. The molecule has 0 bridgehead atoms. The van der Waals surface area contributed by atoms with Crippen LogP contribution in [0.1, 0.15) is 27.1 Å². The van der Waals surface area contributed by atoms with Crippen LogP contribution in [0.3, 0.4) is 0 Å². The van der Waals surface area contributed by atoms with Crippen LogP contribution in [-0.4, -0.2) is 71.8 Å². The molecule has 0 N–H and O–H groups in total. The molecule has 4 rings (SSSR count). The summed E-state index contributed by atoms with van der Waals surface area (Å²) < 4.78 is 0. The maximum absolute atomic E-state index is 13.5. The third kappa shape index (κ3) is 4.29. The van der Waals surface area contributed by atoms with Crippen molar-refractivity contribution in [3.05, 3.63) is 64.7 Å². The predicted molar refractivity (Wildman–Crippen MR) is 124 cm³/mol. The normalized spacial score (nSPS) is 17.2. The van der Waals surface area contributed by atoms with E-state index in [1.807, 2.05) is 30.5 Å². The standard InChI is InChI=1S/C23H24ClN3O3S/c1-31-14-9-20(27-21(28)18-7-2-3-8-19(18)22(27)29)23(30)26-12-10-25(11-13-26)17-6-4-5-16(24)15-17/h2-8,15,20H,9-14H2,1H3. The molecule has 2 aromatic carbocycles. The van der Waals surface area contributed by atoms with Crippen molar-refractivity contribution in [2.75, 3.05) is 43.1 Å². The zero-order valence-corrected chi connectivity index (χ0v) is 18.9. The summed E-state index contributed by atoms with van der Waals surface area (Å²) in [5.74, 6) is -0.226. The van der Waals surface area contributed by atoms with E-state index in [1.165, 1.54) is 4.90 Å². The van der Waals surface area contributed by atoms with Crippen LogP contribution in [0.15, 0.2) is 48.5 Å². The van der Waals surface area contributed by atoms with Gasteiger partial charge in [-0.1, -0.05) is 29.8 Å². The first-order chi connectivity index (χ1) is 15.0. The molecule has 8 heteroatoms. The van der Waals surface area contributed by atoms with Gasteiger partial charge in [-0.3, -0.25) is 19.3 Å². The zero-order chi connectivity index (χ0) is 22.0. The van der Waals surface area contributed by atoms with Crippen LogP contribution in [0.25, 0.3) is 0 Å². The lowest BCUT2D eigenvalue weighted by atomic mass is 10.1. The third-order valence-corrected chi connectivity index (χ3v) is 6.66. The molecule has 2 aliphatic rings. The van der Waals surface area contributed by atoms with Gasteiger partial charge in [-0.15, -0.1) is 0 Å². The highest BCUT2D eigenvalue weighted by atomic mass is 35.5. The quantitative estimate of drug-likeness (QED) is 0.622. The second-order valence-corrected chi connectivity index (χ2v) is 9.04. The summed E-state index contributed by atoms with van der Waals surface area (Å²) in [6.45, 7) is 2.40. The van der Waals surface area contributed by atoms with E-state index in [9.17, 15) is 14.4 Å². The topological polar surface area (TPSA) is 60.9 Å². The number of anilines is 1. The fourth-order valence-electron chi connectivity index (χ4n) is 4.15. The number of piperazine rings is 1. The van der Waals surface area contributed by atoms with Gasteiger partial charge >= 0.3 is 0 Å². The summed E-state index contributed by atoms with van der Waals surface area (Å²) in [5.41, 5.74) is 1.78. The number of hydrogen-bond donors (Lipinski definition) is 0. The number of thioether (sulfide) groups is 1. The van der Waals surface area contributed by atoms with E-state index < -0.39 is 6.04 Å². The highest BCUT2D eigenvalue weighted by Crippen LogP contribution is 2.28. The van der Waals surface area contributed by atoms with Crippen LogP contribution in [-0.2, 0) is 4.79 Å². The van der Waals surface area contributed by atoms with Crippen LogP contribution >= 0.6 is 23.4 Å². The Morgan fingerprint density at radius 2 is 1.65 bits per heavy atom. The fraction of sp³-hybridized carbons (Fsp3) is 0.348. The van der Waals surface area contributed by atoms with Crippen molar-refractivity contribution in [1.82, 2.24) is 9.80 Å². The molecule has 6 nitrogen and oxygen atoms in total. The zero-order valence-electron chi connectivity index (χ0n) is 17.3. The first-order valence-electron chi connectivity index (χ1n) is 10.3. The van der Waals surface area contributed by atoms with Crippen molar-refractivity contribution in [2.45, 2.75) is 12.5 Å². The lowest BCUT2D eigenvalue weighted by molar-refractivity contribution is -0.135. The minimum Gasteiger partial charge on any atom is -0.368 e. The summed E-state index contributed by atoms with van der Waals surface area (Å²) in [7, 11) is 0. The number of hydrogen-bond acceptors (Lipinski definition) is 5. The highest BCUT2D eigenvalue weighted by molar-refractivity contribution is 7.98. The lowest BCUT2D eigenvalue weighted by Gasteiger charge is -2.38. The largest absolute Gasteiger partial charge is 0.368 e. The van der Waals surface area contributed by atoms with Crippen molar-refractivity contribution in [1.29, 1.82) is 0 Å². The average molecular weight is 458 g/mol. The molecule has 1 fully saturated rings. The number of benzene rings is 2. The summed E-state index contributed by atoms with van der Waals surface area (Å²) in [5, 5.41) is 0.679. The number of halogens is 1. The van der Waals surface area contributed by atoms with E-state index in [1.54, 1.807) is 40.9 Å². The summed E-state index contributed by atoms with van der Waals surface area (Å²) in [6, 6.07) is 13.7. The molecule has 1 saturated heterocycles. The van der Waals surface area contributed by atoms with E-state index in [-0.39, 0.29) is 17.7 Å². The van der Waals surface area contributed by atoms with Crippen molar-refractivity contribution >= 4 is 46.8 Å². The molecule has 0 spiro atoms. The molecule has 0 aliphatic carbocycles. The predicted octanol–water partition coefficient (Wildman–Crippen LogP) is 3.41. The summed E-state index contributed by atoms with van der Waals surface area (Å²) in [6.07, 6.45) is 2.40. The Morgan fingerprint density at radius 1 is 1.00 bits per heavy atom. The molecule has 0 aromatic heterocycles. The van der Waals surface area contributed by atoms with E-state index in [0.29, 0.717) is 54.5 Å². The number of imide groups is 1. The SMILES string of the molecule is CSCCC(C(=O)N1CCN(c2cccc(Cl)c2)CC1)N1C(=O)c2ccccc2C1=O. The van der Waals surface area contributed by atoms with Crippen LogP contribution < -0.4 is 4.90 Å². The number of amides is 3. The van der Waals surface area contributed by atoms with E-state index in [2.05, 4.69) is 4.90 Å².